The SMILES string of the molecule is C.CC.CCC(CC)C1C(O)=Cc2ccc(C)c(-c3cccc(C)c3)c21. The molecule has 0 amide bonds. The first-order chi connectivity index (χ1) is 12.1. The minimum Gasteiger partial charge on any atom is -0.512 e. The lowest BCUT2D eigenvalue weighted by Crippen LogP contribution is -2.13. The van der Waals surface area contributed by atoms with E-state index in [1.807, 2.05) is 19.9 Å². The van der Waals surface area contributed by atoms with E-state index in [0.717, 1.165) is 12.8 Å². The first-order valence-corrected chi connectivity index (χ1v) is 9.67. The molecule has 0 heterocycles. The number of aryl methyl sites for hydroxylation is 2. The molecule has 2 aromatic carbocycles. The summed E-state index contributed by atoms with van der Waals surface area (Å²) in [5.74, 6) is 1.15. The lowest BCUT2D eigenvalue weighted by Gasteiger charge is -2.26. The van der Waals surface area contributed by atoms with Crippen molar-refractivity contribution in [1.29, 1.82) is 0 Å². The van der Waals surface area contributed by atoms with Crippen molar-refractivity contribution in [3.05, 3.63) is 64.4 Å². The standard InChI is InChI=1S/C22H26O.C2H6.CH4/c1-5-16(6-2)21-19(23)13-18-11-10-15(4)20(22(18)21)17-9-7-8-14(3)12-17;1-2;/h7-13,16,21,23H,5-6H2,1-4H3;1-2H3;1H4. The van der Waals surface area contributed by atoms with Crippen molar-refractivity contribution < 1.29 is 5.11 Å². The number of allylic oxidation sites excluding steroid dienone is 1. The first kappa shape index (κ1) is 22.0. The Kier molecular flexibility index (Phi) is 8.14. The van der Waals surface area contributed by atoms with Gasteiger partial charge in [-0.3, -0.25) is 0 Å². The van der Waals surface area contributed by atoms with E-state index in [9.17, 15) is 5.11 Å². The van der Waals surface area contributed by atoms with E-state index in [2.05, 4.69) is 64.1 Å². The van der Waals surface area contributed by atoms with Crippen LogP contribution in [0.5, 0.6) is 0 Å². The number of hydrogen-bond donors (Lipinski definition) is 1. The smallest absolute Gasteiger partial charge is 0.101 e. The van der Waals surface area contributed by atoms with Gasteiger partial charge in [-0.2, -0.15) is 0 Å². The Hall–Kier alpha value is -2.02. The number of aliphatic hydroxyl groups is 1. The highest BCUT2D eigenvalue weighted by Gasteiger charge is 2.33. The fraction of sp³-hybridized carbons (Fsp3) is 0.440. The van der Waals surface area contributed by atoms with Gasteiger partial charge in [0.2, 0.25) is 0 Å². The molecule has 1 N–H and O–H groups in total. The fourth-order valence-corrected chi connectivity index (χ4v) is 4.02. The van der Waals surface area contributed by atoms with Crippen LogP contribution in [0.1, 0.15) is 76.1 Å². The zero-order valence-corrected chi connectivity index (χ0v) is 16.6. The summed E-state index contributed by atoms with van der Waals surface area (Å²) in [6.07, 6.45) is 4.14. The van der Waals surface area contributed by atoms with E-state index in [4.69, 9.17) is 0 Å². The maximum absolute atomic E-state index is 10.6. The molecule has 0 saturated heterocycles. The summed E-state index contributed by atoms with van der Waals surface area (Å²) in [6, 6.07) is 13.0. The molecule has 1 atom stereocenters. The van der Waals surface area contributed by atoms with Crippen molar-refractivity contribution in [2.45, 2.75) is 67.7 Å². The lowest BCUT2D eigenvalue weighted by atomic mass is 9.79. The minimum absolute atomic E-state index is 0. The average Bonchev–Trinajstić information content (AvgIpc) is 2.94. The number of benzene rings is 2. The molecular weight excluding hydrogens is 316 g/mol. The van der Waals surface area contributed by atoms with Gasteiger partial charge in [0, 0.05) is 5.92 Å². The Morgan fingerprint density at radius 2 is 1.65 bits per heavy atom. The Balaban J connectivity index is 0.00000109. The molecule has 1 aliphatic carbocycles. The van der Waals surface area contributed by atoms with Crippen molar-refractivity contribution >= 4 is 6.08 Å². The van der Waals surface area contributed by atoms with Crippen LogP contribution in [0, 0.1) is 19.8 Å². The van der Waals surface area contributed by atoms with Gasteiger partial charge < -0.3 is 5.11 Å². The highest BCUT2D eigenvalue weighted by molar-refractivity contribution is 5.80. The van der Waals surface area contributed by atoms with Crippen LogP contribution in [0.3, 0.4) is 0 Å². The summed E-state index contributed by atoms with van der Waals surface area (Å²) >= 11 is 0. The van der Waals surface area contributed by atoms with Crippen LogP contribution in [0.15, 0.2) is 42.2 Å². The second-order valence-electron chi connectivity index (χ2n) is 6.75. The molecule has 3 rings (SSSR count). The van der Waals surface area contributed by atoms with Gasteiger partial charge in [0.15, 0.2) is 0 Å². The predicted molar refractivity (Wildman–Crippen MR) is 117 cm³/mol. The molecule has 0 aromatic heterocycles. The molecule has 0 fully saturated rings. The summed E-state index contributed by atoms with van der Waals surface area (Å²) in [5.41, 5.74) is 7.63. The highest BCUT2D eigenvalue weighted by atomic mass is 16.3. The zero-order chi connectivity index (χ0) is 18.6. The molecule has 26 heavy (non-hydrogen) atoms. The third-order valence-corrected chi connectivity index (χ3v) is 5.25. The summed E-state index contributed by atoms with van der Waals surface area (Å²) in [4.78, 5) is 0. The summed E-state index contributed by atoms with van der Waals surface area (Å²) < 4.78 is 0. The van der Waals surface area contributed by atoms with Gasteiger partial charge in [0.25, 0.3) is 0 Å². The second kappa shape index (κ2) is 9.62. The number of fused-ring (bicyclic) bond motifs is 1. The molecular formula is C25H36O. The van der Waals surface area contributed by atoms with Gasteiger partial charge in [0.1, 0.15) is 5.76 Å². The van der Waals surface area contributed by atoms with Crippen LogP contribution in [0.4, 0.5) is 0 Å². The summed E-state index contributed by atoms with van der Waals surface area (Å²) in [7, 11) is 0. The van der Waals surface area contributed by atoms with Gasteiger partial charge in [-0.1, -0.05) is 89.9 Å². The highest BCUT2D eigenvalue weighted by Crippen LogP contribution is 2.47. The molecule has 1 unspecified atom stereocenters. The largest absolute Gasteiger partial charge is 0.512 e. The quantitative estimate of drug-likeness (QED) is 0.590. The molecule has 0 bridgehead atoms. The Labute approximate surface area is 160 Å². The third kappa shape index (κ3) is 4.03. The van der Waals surface area contributed by atoms with Gasteiger partial charge in [-0.25, -0.2) is 0 Å². The topological polar surface area (TPSA) is 20.2 Å². The maximum Gasteiger partial charge on any atom is 0.101 e. The number of rotatable bonds is 4. The molecule has 0 aliphatic heterocycles. The maximum atomic E-state index is 10.6. The minimum atomic E-state index is 0. The second-order valence-corrected chi connectivity index (χ2v) is 6.75. The average molecular weight is 353 g/mol. The van der Waals surface area contributed by atoms with E-state index in [-0.39, 0.29) is 13.3 Å². The number of hydrogen-bond acceptors (Lipinski definition) is 1. The van der Waals surface area contributed by atoms with Crippen molar-refractivity contribution in [2.24, 2.45) is 5.92 Å². The van der Waals surface area contributed by atoms with E-state index >= 15 is 0 Å². The Bertz CT molecular complexity index is 751. The van der Waals surface area contributed by atoms with Crippen LogP contribution in [-0.2, 0) is 0 Å². The van der Waals surface area contributed by atoms with Crippen molar-refractivity contribution in [3.63, 3.8) is 0 Å². The van der Waals surface area contributed by atoms with Gasteiger partial charge in [-0.05, 0) is 53.7 Å². The third-order valence-electron chi connectivity index (χ3n) is 5.25. The molecule has 0 radical (unpaired) electrons. The molecule has 0 spiro atoms. The summed E-state index contributed by atoms with van der Waals surface area (Å²) in [5, 5.41) is 10.6. The van der Waals surface area contributed by atoms with Gasteiger partial charge >= 0.3 is 0 Å². The molecule has 1 nitrogen and oxygen atoms in total. The molecule has 1 aliphatic rings. The normalized spacial score (nSPS) is 14.9. The van der Waals surface area contributed by atoms with Crippen LogP contribution in [0.25, 0.3) is 17.2 Å². The zero-order valence-electron chi connectivity index (χ0n) is 16.6. The predicted octanol–water partition coefficient (Wildman–Crippen LogP) is 8.07. The lowest BCUT2D eigenvalue weighted by molar-refractivity contribution is 0.313. The monoisotopic (exact) mass is 352 g/mol. The van der Waals surface area contributed by atoms with Crippen LogP contribution >= 0.6 is 0 Å². The molecule has 142 valence electrons. The van der Waals surface area contributed by atoms with E-state index < -0.39 is 0 Å². The van der Waals surface area contributed by atoms with Crippen LogP contribution in [-0.4, -0.2) is 5.11 Å². The van der Waals surface area contributed by atoms with E-state index in [1.165, 1.54) is 33.4 Å². The van der Waals surface area contributed by atoms with E-state index in [0.29, 0.717) is 11.7 Å². The molecule has 1 heteroatoms. The fourth-order valence-electron chi connectivity index (χ4n) is 4.02. The van der Waals surface area contributed by atoms with Crippen LogP contribution < -0.4 is 0 Å². The van der Waals surface area contributed by atoms with Crippen LogP contribution in [0.2, 0.25) is 0 Å². The first-order valence-electron chi connectivity index (χ1n) is 9.67. The summed E-state index contributed by atoms with van der Waals surface area (Å²) in [6.45, 7) is 12.8. The van der Waals surface area contributed by atoms with E-state index in [1.54, 1.807) is 0 Å². The van der Waals surface area contributed by atoms with Gasteiger partial charge in [-0.15, -0.1) is 0 Å². The van der Waals surface area contributed by atoms with Crippen molar-refractivity contribution in [2.75, 3.05) is 0 Å². The van der Waals surface area contributed by atoms with Gasteiger partial charge in [0.05, 0.1) is 0 Å². The van der Waals surface area contributed by atoms with Crippen molar-refractivity contribution in [1.82, 2.24) is 0 Å². The Morgan fingerprint density at radius 1 is 1.00 bits per heavy atom. The van der Waals surface area contributed by atoms with Crippen molar-refractivity contribution in [3.8, 4) is 11.1 Å². The Morgan fingerprint density at radius 3 is 2.23 bits per heavy atom. The number of aliphatic hydroxyl groups excluding tert-OH is 1. The molecule has 2 aromatic rings. The molecule has 0 saturated carbocycles.